The Labute approximate surface area is 96.6 Å². The van der Waals surface area contributed by atoms with Crippen LogP contribution >= 0.6 is 0 Å². The van der Waals surface area contributed by atoms with E-state index in [1.54, 1.807) is 6.92 Å². The van der Waals surface area contributed by atoms with Crippen molar-refractivity contribution in [2.75, 3.05) is 20.2 Å². The van der Waals surface area contributed by atoms with E-state index in [1.165, 1.54) is 5.56 Å². The Morgan fingerprint density at radius 1 is 1.38 bits per heavy atom. The van der Waals surface area contributed by atoms with Crippen LogP contribution in [-0.4, -0.2) is 36.0 Å². The highest BCUT2D eigenvalue weighted by molar-refractivity contribution is 5.26. The van der Waals surface area contributed by atoms with Crippen molar-refractivity contribution in [1.29, 1.82) is 0 Å². The van der Waals surface area contributed by atoms with E-state index in [-0.39, 0.29) is 6.04 Å². The number of rotatable bonds is 1. The molecule has 1 saturated heterocycles. The monoisotopic (exact) mass is 221 g/mol. The zero-order valence-electron chi connectivity index (χ0n) is 10.1. The lowest BCUT2D eigenvalue weighted by Crippen LogP contribution is -2.50. The van der Waals surface area contributed by atoms with Crippen molar-refractivity contribution in [3.8, 4) is 0 Å². The molecule has 88 valence electrons. The summed E-state index contributed by atoms with van der Waals surface area (Å²) in [5.74, 6) is -1.11. The summed E-state index contributed by atoms with van der Waals surface area (Å²) in [7, 11) is 2.02. The first-order valence-electron chi connectivity index (χ1n) is 5.64. The fourth-order valence-electron chi connectivity index (χ4n) is 2.33. The third-order valence-electron chi connectivity index (χ3n) is 3.18. The van der Waals surface area contributed by atoms with E-state index in [0.717, 1.165) is 12.1 Å². The quantitative estimate of drug-likeness (QED) is 0.783. The van der Waals surface area contributed by atoms with E-state index in [9.17, 15) is 5.11 Å². The highest BCUT2D eigenvalue weighted by Crippen LogP contribution is 2.34. The summed E-state index contributed by atoms with van der Waals surface area (Å²) in [6.07, 6.45) is 0. The number of hydrogen-bond donors (Lipinski definition) is 1. The zero-order chi connectivity index (χ0) is 11.8. The molecule has 0 unspecified atom stereocenters. The summed E-state index contributed by atoms with van der Waals surface area (Å²) in [6, 6.07) is 8.14. The van der Waals surface area contributed by atoms with Gasteiger partial charge in [-0.05, 0) is 26.5 Å². The summed E-state index contributed by atoms with van der Waals surface area (Å²) in [4.78, 5) is 2.13. The molecule has 1 fully saturated rings. The summed E-state index contributed by atoms with van der Waals surface area (Å²) in [6.45, 7) is 5.21. The zero-order valence-corrected chi connectivity index (χ0v) is 10.1. The van der Waals surface area contributed by atoms with Crippen molar-refractivity contribution >= 4 is 0 Å². The molecule has 2 rings (SSSR count). The van der Waals surface area contributed by atoms with Crippen LogP contribution in [-0.2, 0) is 4.74 Å². The molecule has 1 aromatic rings. The minimum Gasteiger partial charge on any atom is -0.364 e. The second kappa shape index (κ2) is 4.17. The number of morpholine rings is 1. The maximum absolute atomic E-state index is 10.3. The first-order chi connectivity index (χ1) is 7.50. The van der Waals surface area contributed by atoms with Crippen molar-refractivity contribution in [2.45, 2.75) is 25.7 Å². The highest BCUT2D eigenvalue weighted by Gasteiger charge is 2.40. The van der Waals surface area contributed by atoms with E-state index in [1.807, 2.05) is 7.05 Å². The Morgan fingerprint density at radius 2 is 2.00 bits per heavy atom. The van der Waals surface area contributed by atoms with Crippen LogP contribution in [0.15, 0.2) is 24.3 Å². The third-order valence-corrected chi connectivity index (χ3v) is 3.18. The van der Waals surface area contributed by atoms with Gasteiger partial charge in [-0.15, -0.1) is 0 Å². The summed E-state index contributed by atoms with van der Waals surface area (Å²) in [5.41, 5.74) is 2.32. The normalized spacial score (nSPS) is 31.6. The first-order valence-corrected chi connectivity index (χ1v) is 5.64. The maximum atomic E-state index is 10.3. The smallest absolute Gasteiger partial charge is 0.182 e. The lowest BCUT2D eigenvalue weighted by atomic mass is 9.96. The minimum atomic E-state index is -1.11. The van der Waals surface area contributed by atoms with Crippen molar-refractivity contribution in [3.63, 3.8) is 0 Å². The SMILES string of the molecule is Cc1ccc([C@@H]2N(C)CCO[C@]2(C)O)cc1. The van der Waals surface area contributed by atoms with Crippen molar-refractivity contribution in [1.82, 2.24) is 4.90 Å². The Bertz CT molecular complexity index is 359. The van der Waals surface area contributed by atoms with Crippen LogP contribution in [0, 0.1) is 6.92 Å². The van der Waals surface area contributed by atoms with Crippen LogP contribution in [0.5, 0.6) is 0 Å². The molecule has 1 aliphatic heterocycles. The third kappa shape index (κ3) is 2.12. The molecule has 1 heterocycles. The summed E-state index contributed by atoms with van der Waals surface area (Å²) >= 11 is 0. The van der Waals surface area contributed by atoms with E-state index in [4.69, 9.17) is 4.74 Å². The van der Waals surface area contributed by atoms with Gasteiger partial charge in [0, 0.05) is 6.54 Å². The first kappa shape index (κ1) is 11.6. The number of likely N-dealkylation sites (N-methyl/N-ethyl adjacent to an activating group) is 1. The average Bonchev–Trinajstić information content (AvgIpc) is 2.19. The van der Waals surface area contributed by atoms with Crippen molar-refractivity contribution in [3.05, 3.63) is 35.4 Å². The largest absolute Gasteiger partial charge is 0.364 e. The molecule has 1 aromatic carbocycles. The van der Waals surface area contributed by atoms with E-state index in [2.05, 4.69) is 36.1 Å². The van der Waals surface area contributed by atoms with Gasteiger partial charge in [-0.2, -0.15) is 0 Å². The van der Waals surface area contributed by atoms with Gasteiger partial charge in [0.25, 0.3) is 0 Å². The molecule has 1 N–H and O–H groups in total. The van der Waals surface area contributed by atoms with E-state index >= 15 is 0 Å². The fraction of sp³-hybridized carbons (Fsp3) is 0.538. The van der Waals surface area contributed by atoms with Gasteiger partial charge in [0.15, 0.2) is 5.79 Å². The van der Waals surface area contributed by atoms with E-state index < -0.39 is 5.79 Å². The van der Waals surface area contributed by atoms with Crippen LogP contribution in [0.4, 0.5) is 0 Å². The van der Waals surface area contributed by atoms with Gasteiger partial charge in [-0.3, -0.25) is 4.90 Å². The molecule has 3 nitrogen and oxygen atoms in total. The molecule has 0 saturated carbocycles. The number of benzene rings is 1. The molecule has 3 heteroatoms. The molecule has 1 aliphatic rings. The van der Waals surface area contributed by atoms with Crippen LogP contribution in [0.2, 0.25) is 0 Å². The van der Waals surface area contributed by atoms with Crippen LogP contribution in [0.25, 0.3) is 0 Å². The molecular formula is C13H19NO2. The predicted molar refractivity (Wildman–Crippen MR) is 63.1 cm³/mol. The van der Waals surface area contributed by atoms with Gasteiger partial charge in [0.2, 0.25) is 0 Å². The summed E-state index contributed by atoms with van der Waals surface area (Å²) in [5, 5.41) is 10.3. The Kier molecular flexibility index (Phi) is 3.02. The molecule has 2 atom stereocenters. The van der Waals surface area contributed by atoms with Crippen molar-refractivity contribution < 1.29 is 9.84 Å². The van der Waals surface area contributed by atoms with Gasteiger partial charge in [-0.25, -0.2) is 0 Å². The maximum Gasteiger partial charge on any atom is 0.182 e. The van der Waals surface area contributed by atoms with Crippen LogP contribution in [0.1, 0.15) is 24.1 Å². The van der Waals surface area contributed by atoms with Crippen molar-refractivity contribution in [2.24, 2.45) is 0 Å². The topological polar surface area (TPSA) is 32.7 Å². The second-order valence-corrected chi connectivity index (χ2v) is 4.70. The van der Waals surface area contributed by atoms with Crippen LogP contribution in [0.3, 0.4) is 0 Å². The predicted octanol–water partition coefficient (Wildman–Crippen LogP) is 1.71. The van der Waals surface area contributed by atoms with Gasteiger partial charge >= 0.3 is 0 Å². The van der Waals surface area contributed by atoms with Gasteiger partial charge < -0.3 is 9.84 Å². The van der Waals surface area contributed by atoms with E-state index in [0.29, 0.717) is 6.61 Å². The lowest BCUT2D eigenvalue weighted by Gasteiger charge is -2.43. The fourth-order valence-corrected chi connectivity index (χ4v) is 2.33. The number of ether oxygens (including phenoxy) is 1. The molecule has 0 aromatic heterocycles. The van der Waals surface area contributed by atoms with Gasteiger partial charge in [0.1, 0.15) is 0 Å². The Morgan fingerprint density at radius 3 is 2.56 bits per heavy atom. The summed E-state index contributed by atoms with van der Waals surface area (Å²) < 4.78 is 5.45. The Hall–Kier alpha value is -0.900. The number of aryl methyl sites for hydroxylation is 1. The number of hydrogen-bond acceptors (Lipinski definition) is 3. The number of aliphatic hydroxyl groups is 1. The Balaban J connectivity index is 2.32. The molecule has 0 spiro atoms. The molecule has 0 aliphatic carbocycles. The van der Waals surface area contributed by atoms with Crippen LogP contribution < -0.4 is 0 Å². The van der Waals surface area contributed by atoms with Gasteiger partial charge in [-0.1, -0.05) is 29.8 Å². The minimum absolute atomic E-state index is 0.0955. The molecule has 0 radical (unpaired) electrons. The lowest BCUT2D eigenvalue weighted by molar-refractivity contribution is -0.256. The standard InChI is InChI=1S/C13H19NO2/c1-10-4-6-11(7-5-10)12-13(2,15)16-9-8-14(12)3/h4-7,12,15H,8-9H2,1-3H3/t12-,13-/m0/s1. The molecular weight excluding hydrogens is 202 g/mol. The van der Waals surface area contributed by atoms with Gasteiger partial charge in [0.05, 0.1) is 12.6 Å². The number of nitrogens with zero attached hydrogens (tertiary/aromatic N) is 1. The molecule has 16 heavy (non-hydrogen) atoms. The average molecular weight is 221 g/mol. The molecule has 0 bridgehead atoms. The molecule has 0 amide bonds. The second-order valence-electron chi connectivity index (χ2n) is 4.70. The highest BCUT2D eigenvalue weighted by atomic mass is 16.6.